The van der Waals surface area contributed by atoms with Crippen LogP contribution in [-0.2, 0) is 17.7 Å². The summed E-state index contributed by atoms with van der Waals surface area (Å²) >= 11 is 0. The molecule has 1 aromatic rings. The second kappa shape index (κ2) is 6.46. The topological polar surface area (TPSA) is 50.5 Å². The van der Waals surface area contributed by atoms with Crippen LogP contribution in [0.5, 0.6) is 0 Å². The molecule has 0 amide bonds. The number of aliphatic hydroxyl groups is 1. The molecule has 0 spiro atoms. The zero-order valence-corrected chi connectivity index (χ0v) is 13.0. The van der Waals surface area contributed by atoms with E-state index < -0.39 is 0 Å². The van der Waals surface area contributed by atoms with E-state index in [2.05, 4.69) is 23.1 Å². The molecule has 1 atom stereocenters. The molecule has 118 valence electrons. The van der Waals surface area contributed by atoms with Crippen LogP contribution in [0.2, 0.25) is 0 Å². The molecule has 1 aliphatic heterocycles. The predicted molar refractivity (Wildman–Crippen MR) is 81.2 cm³/mol. The highest BCUT2D eigenvalue weighted by Crippen LogP contribution is 2.39. The summed E-state index contributed by atoms with van der Waals surface area (Å²) in [5.74, 6) is 0. The van der Waals surface area contributed by atoms with Gasteiger partial charge in [-0.15, -0.1) is 0 Å². The molecule has 21 heavy (non-hydrogen) atoms. The molecule has 5 nitrogen and oxygen atoms in total. The minimum Gasteiger partial charge on any atom is -0.391 e. The maximum Gasteiger partial charge on any atom is 0.0765 e. The third-order valence-electron chi connectivity index (χ3n) is 5.17. The fraction of sp³-hybridized carbons (Fsp3) is 0.812. The van der Waals surface area contributed by atoms with Crippen molar-refractivity contribution in [3.8, 4) is 0 Å². The first-order chi connectivity index (χ1) is 10.2. The van der Waals surface area contributed by atoms with Gasteiger partial charge in [0.25, 0.3) is 0 Å². The number of nitrogens with zero attached hydrogens (tertiary/aromatic N) is 3. The van der Waals surface area contributed by atoms with E-state index in [1.165, 1.54) is 12.8 Å². The lowest BCUT2D eigenvalue weighted by molar-refractivity contribution is -0.0753. The first-order valence-electron chi connectivity index (χ1n) is 8.27. The van der Waals surface area contributed by atoms with Gasteiger partial charge in [-0.2, -0.15) is 5.10 Å². The third-order valence-corrected chi connectivity index (χ3v) is 5.17. The summed E-state index contributed by atoms with van der Waals surface area (Å²) < 4.78 is 7.41. The summed E-state index contributed by atoms with van der Waals surface area (Å²) in [5.41, 5.74) is 1.10. The molecule has 2 heterocycles. The lowest BCUT2D eigenvalue weighted by atomic mass is 9.84. The number of ether oxygens (including phenoxy) is 1. The van der Waals surface area contributed by atoms with Crippen molar-refractivity contribution in [2.45, 2.75) is 57.2 Å². The van der Waals surface area contributed by atoms with E-state index >= 15 is 0 Å². The van der Waals surface area contributed by atoms with E-state index in [1.54, 1.807) is 0 Å². The van der Waals surface area contributed by atoms with Gasteiger partial charge in [0.2, 0.25) is 0 Å². The second-order valence-corrected chi connectivity index (χ2v) is 6.33. The molecule has 5 heteroatoms. The highest BCUT2D eigenvalue weighted by atomic mass is 16.5. The van der Waals surface area contributed by atoms with Crippen molar-refractivity contribution in [1.82, 2.24) is 14.7 Å². The summed E-state index contributed by atoms with van der Waals surface area (Å²) in [6.07, 6.45) is 9.02. The fourth-order valence-corrected chi connectivity index (χ4v) is 3.95. The van der Waals surface area contributed by atoms with Crippen LogP contribution in [0.4, 0.5) is 0 Å². The summed E-state index contributed by atoms with van der Waals surface area (Å²) in [7, 11) is 0. The number of aryl methyl sites for hydroxylation is 1. The summed E-state index contributed by atoms with van der Waals surface area (Å²) in [6, 6.07) is 0. The first-order valence-corrected chi connectivity index (χ1v) is 8.27. The number of hydrogen-bond donors (Lipinski definition) is 1. The Morgan fingerprint density at radius 1 is 1.33 bits per heavy atom. The van der Waals surface area contributed by atoms with Crippen LogP contribution < -0.4 is 0 Å². The van der Waals surface area contributed by atoms with E-state index in [9.17, 15) is 5.11 Å². The Morgan fingerprint density at radius 2 is 2.05 bits per heavy atom. The maximum atomic E-state index is 11.0. The quantitative estimate of drug-likeness (QED) is 0.893. The van der Waals surface area contributed by atoms with Gasteiger partial charge in [0.1, 0.15) is 0 Å². The zero-order valence-electron chi connectivity index (χ0n) is 13.0. The summed E-state index contributed by atoms with van der Waals surface area (Å²) in [6.45, 7) is 6.45. The van der Waals surface area contributed by atoms with Gasteiger partial charge in [-0.1, -0.05) is 12.8 Å². The molecule has 1 unspecified atom stereocenters. The van der Waals surface area contributed by atoms with Crippen LogP contribution in [0.15, 0.2) is 12.4 Å². The molecule has 0 radical (unpaired) electrons. The Hall–Kier alpha value is -0.910. The summed E-state index contributed by atoms with van der Waals surface area (Å²) in [4.78, 5) is 2.48. The first kappa shape index (κ1) is 15.0. The summed E-state index contributed by atoms with van der Waals surface area (Å²) in [5, 5.41) is 15.3. The van der Waals surface area contributed by atoms with E-state index in [0.717, 1.165) is 51.3 Å². The van der Waals surface area contributed by atoms with Gasteiger partial charge in [0.05, 0.1) is 25.5 Å². The van der Waals surface area contributed by atoms with Crippen molar-refractivity contribution >= 4 is 0 Å². The van der Waals surface area contributed by atoms with E-state index in [4.69, 9.17) is 4.74 Å². The van der Waals surface area contributed by atoms with Crippen molar-refractivity contribution in [2.75, 3.05) is 26.3 Å². The minimum atomic E-state index is -0.312. The van der Waals surface area contributed by atoms with Gasteiger partial charge in [-0.05, 0) is 25.3 Å². The van der Waals surface area contributed by atoms with Crippen molar-refractivity contribution in [1.29, 1.82) is 0 Å². The second-order valence-electron chi connectivity index (χ2n) is 6.33. The lowest BCUT2D eigenvalue weighted by Crippen LogP contribution is -2.59. The number of aromatic nitrogens is 2. The van der Waals surface area contributed by atoms with Crippen LogP contribution >= 0.6 is 0 Å². The van der Waals surface area contributed by atoms with Crippen LogP contribution in [0.3, 0.4) is 0 Å². The van der Waals surface area contributed by atoms with Gasteiger partial charge in [-0.3, -0.25) is 9.58 Å². The zero-order chi connectivity index (χ0) is 14.7. The molecule has 1 aliphatic carbocycles. The molecule has 0 aromatic carbocycles. The van der Waals surface area contributed by atoms with Crippen LogP contribution in [0.1, 0.15) is 38.2 Å². The molecule has 0 bridgehead atoms. The highest BCUT2D eigenvalue weighted by Gasteiger charge is 2.45. The molecular formula is C16H27N3O2. The van der Waals surface area contributed by atoms with Crippen molar-refractivity contribution in [2.24, 2.45) is 0 Å². The molecule has 1 saturated heterocycles. The third kappa shape index (κ3) is 3.00. The lowest BCUT2D eigenvalue weighted by Gasteiger charge is -2.46. The van der Waals surface area contributed by atoms with Crippen molar-refractivity contribution < 1.29 is 9.84 Å². The number of aliphatic hydroxyl groups excluding tert-OH is 1. The monoisotopic (exact) mass is 293 g/mol. The largest absolute Gasteiger partial charge is 0.391 e. The number of hydrogen-bond acceptors (Lipinski definition) is 4. The predicted octanol–water partition coefficient (Wildman–Crippen LogP) is 1.45. The Balaban J connectivity index is 1.73. The average Bonchev–Trinajstić information content (AvgIpc) is 3.18. The minimum absolute atomic E-state index is 0.0436. The van der Waals surface area contributed by atoms with Gasteiger partial charge >= 0.3 is 0 Å². The molecule has 1 N–H and O–H groups in total. The number of morpholine rings is 1. The van der Waals surface area contributed by atoms with E-state index in [1.807, 2.05) is 10.9 Å². The van der Waals surface area contributed by atoms with E-state index in [-0.39, 0.29) is 11.6 Å². The van der Waals surface area contributed by atoms with Crippen LogP contribution in [0, 0.1) is 0 Å². The van der Waals surface area contributed by atoms with Crippen molar-refractivity contribution in [3.05, 3.63) is 18.0 Å². The van der Waals surface area contributed by atoms with Gasteiger partial charge in [0, 0.05) is 37.8 Å². The van der Waals surface area contributed by atoms with Crippen LogP contribution in [0.25, 0.3) is 0 Å². The Bertz CT molecular complexity index is 448. The maximum absolute atomic E-state index is 11.0. The Morgan fingerprint density at radius 3 is 2.67 bits per heavy atom. The highest BCUT2D eigenvalue weighted by molar-refractivity contribution is 5.11. The molecule has 1 saturated carbocycles. The van der Waals surface area contributed by atoms with Crippen molar-refractivity contribution in [3.63, 3.8) is 0 Å². The molecule has 3 rings (SSSR count). The molecule has 2 aliphatic rings. The Labute approximate surface area is 126 Å². The van der Waals surface area contributed by atoms with Gasteiger partial charge in [0.15, 0.2) is 0 Å². The van der Waals surface area contributed by atoms with E-state index in [0.29, 0.717) is 6.42 Å². The number of rotatable bonds is 5. The average molecular weight is 293 g/mol. The fourth-order valence-electron chi connectivity index (χ4n) is 3.95. The molecule has 1 aromatic heterocycles. The Kier molecular flexibility index (Phi) is 4.62. The standard InChI is InChI=1S/C16H27N3O2/c1-2-19-13-14(12-17-19)11-15(20)16(5-3-4-6-16)18-7-9-21-10-8-18/h12-13,15,20H,2-11H2,1H3. The SMILES string of the molecule is CCn1cc(CC(O)C2(N3CCOCC3)CCCC2)cn1. The van der Waals surface area contributed by atoms with Crippen LogP contribution in [-0.4, -0.2) is 57.7 Å². The van der Waals surface area contributed by atoms with Gasteiger partial charge in [-0.25, -0.2) is 0 Å². The molecular weight excluding hydrogens is 266 g/mol. The smallest absolute Gasteiger partial charge is 0.0765 e. The van der Waals surface area contributed by atoms with Gasteiger partial charge < -0.3 is 9.84 Å². The molecule has 2 fully saturated rings. The normalized spacial score (nSPS) is 24.3.